The van der Waals surface area contributed by atoms with Crippen LogP contribution in [-0.4, -0.2) is 10.7 Å². The van der Waals surface area contributed by atoms with Crippen molar-refractivity contribution in [2.24, 2.45) is 5.73 Å². The molecule has 1 aliphatic carbocycles. The van der Waals surface area contributed by atoms with E-state index >= 15 is 0 Å². The number of nitrogens with two attached hydrogens (primary N) is 1. The van der Waals surface area contributed by atoms with E-state index in [-0.39, 0.29) is 18.0 Å². The highest BCUT2D eigenvalue weighted by atomic mass is 35.5. The number of hydrogen-bond acceptors (Lipinski definition) is 2. The number of hydrogen-bond donors (Lipinski definition) is 2. The highest BCUT2D eigenvalue weighted by Gasteiger charge is 2.47. The molecule has 1 aromatic rings. The molecule has 1 fully saturated rings. The van der Waals surface area contributed by atoms with E-state index in [1.165, 1.54) is 0 Å². The summed E-state index contributed by atoms with van der Waals surface area (Å²) in [6.45, 7) is 0. The van der Waals surface area contributed by atoms with Crippen LogP contribution in [0, 0.1) is 5.82 Å². The van der Waals surface area contributed by atoms with Gasteiger partial charge in [0.2, 0.25) is 0 Å². The first-order chi connectivity index (χ1) is 7.74. The molecule has 0 bridgehead atoms. The molecular formula is C11H12ClF4NO. The summed E-state index contributed by atoms with van der Waals surface area (Å²) < 4.78 is 50.4. The van der Waals surface area contributed by atoms with Crippen molar-refractivity contribution in [3.8, 4) is 0 Å². The summed E-state index contributed by atoms with van der Waals surface area (Å²) in [6, 6.07) is 1.18. The summed E-state index contributed by atoms with van der Waals surface area (Å²) in [7, 11) is 0. The first-order valence-corrected chi connectivity index (χ1v) is 5.09. The predicted octanol–water partition coefficient (Wildman–Crippen LogP) is 2.79. The summed E-state index contributed by atoms with van der Waals surface area (Å²) in [5.74, 6) is -1.03. The van der Waals surface area contributed by atoms with Gasteiger partial charge in [0.15, 0.2) is 0 Å². The van der Waals surface area contributed by atoms with Gasteiger partial charge in [0, 0.05) is 5.56 Å². The highest BCUT2D eigenvalue weighted by Crippen LogP contribution is 2.45. The zero-order valence-electron chi connectivity index (χ0n) is 9.17. The van der Waals surface area contributed by atoms with E-state index in [4.69, 9.17) is 5.73 Å². The first kappa shape index (κ1) is 15.2. The third kappa shape index (κ3) is 2.76. The molecule has 0 amide bonds. The topological polar surface area (TPSA) is 46.2 Å². The normalized spacial score (nSPS) is 19.0. The maximum atomic E-state index is 13.5. The predicted molar refractivity (Wildman–Crippen MR) is 59.8 cm³/mol. The molecule has 7 heteroatoms. The van der Waals surface area contributed by atoms with Crippen molar-refractivity contribution in [2.45, 2.75) is 30.7 Å². The Bertz CT molecular complexity index is 445. The Labute approximate surface area is 107 Å². The molecule has 3 N–H and O–H groups in total. The maximum Gasteiger partial charge on any atom is 0.416 e. The fraction of sp³-hybridized carbons (Fsp3) is 0.455. The van der Waals surface area contributed by atoms with Crippen molar-refractivity contribution in [3.63, 3.8) is 0 Å². The smallest absolute Gasteiger partial charge is 0.388 e. The SMILES string of the molecule is Cl.N[C@H](c1ccc(C(F)(F)F)cc1F)C1(O)CC1. The van der Waals surface area contributed by atoms with Crippen LogP contribution in [0.25, 0.3) is 0 Å². The van der Waals surface area contributed by atoms with Gasteiger partial charge in [-0.3, -0.25) is 0 Å². The van der Waals surface area contributed by atoms with E-state index < -0.39 is 29.2 Å². The van der Waals surface area contributed by atoms with Gasteiger partial charge in [-0.1, -0.05) is 6.07 Å². The standard InChI is InChI=1S/C11H11F4NO.ClH/c12-8-5-6(11(13,14)15)1-2-7(8)9(16)10(17)3-4-10;/h1-2,5,9,17H,3-4,16H2;1H/t9-;/m1./s1. The third-order valence-corrected chi connectivity index (χ3v) is 3.00. The van der Waals surface area contributed by atoms with Crippen LogP contribution in [0.2, 0.25) is 0 Å². The maximum absolute atomic E-state index is 13.5. The molecule has 0 aromatic heterocycles. The van der Waals surface area contributed by atoms with E-state index in [0.717, 1.165) is 12.1 Å². The van der Waals surface area contributed by atoms with Crippen molar-refractivity contribution in [1.82, 2.24) is 0 Å². The molecule has 0 radical (unpaired) electrons. The van der Waals surface area contributed by atoms with Crippen LogP contribution in [0.3, 0.4) is 0 Å². The molecule has 18 heavy (non-hydrogen) atoms. The lowest BCUT2D eigenvalue weighted by Crippen LogP contribution is -2.28. The Balaban J connectivity index is 0.00000162. The summed E-state index contributed by atoms with van der Waals surface area (Å²) in [5.41, 5.74) is 3.31. The average molecular weight is 286 g/mol. The van der Waals surface area contributed by atoms with E-state index in [0.29, 0.717) is 18.9 Å². The molecule has 0 unspecified atom stereocenters. The van der Waals surface area contributed by atoms with Crippen molar-refractivity contribution in [1.29, 1.82) is 0 Å². The second-order valence-electron chi connectivity index (χ2n) is 4.32. The van der Waals surface area contributed by atoms with Gasteiger partial charge in [-0.25, -0.2) is 4.39 Å². The van der Waals surface area contributed by atoms with Gasteiger partial charge >= 0.3 is 6.18 Å². The number of benzene rings is 1. The van der Waals surface area contributed by atoms with Gasteiger partial charge in [-0.05, 0) is 25.0 Å². The third-order valence-electron chi connectivity index (χ3n) is 3.00. The van der Waals surface area contributed by atoms with E-state index in [1.54, 1.807) is 0 Å². The van der Waals surface area contributed by atoms with Crippen molar-refractivity contribution < 1.29 is 22.7 Å². The Kier molecular flexibility index (Phi) is 3.95. The molecule has 2 rings (SSSR count). The van der Waals surface area contributed by atoms with Gasteiger partial charge in [0.05, 0.1) is 17.2 Å². The molecule has 102 valence electrons. The molecule has 1 saturated carbocycles. The lowest BCUT2D eigenvalue weighted by molar-refractivity contribution is -0.137. The van der Waals surface area contributed by atoms with Crippen LogP contribution >= 0.6 is 12.4 Å². The second kappa shape index (κ2) is 4.68. The molecule has 0 spiro atoms. The Hall–Kier alpha value is -0.850. The minimum absolute atomic E-state index is 0. The Morgan fingerprint density at radius 1 is 1.28 bits per heavy atom. The monoisotopic (exact) mass is 285 g/mol. The summed E-state index contributed by atoms with van der Waals surface area (Å²) >= 11 is 0. The van der Waals surface area contributed by atoms with Crippen LogP contribution in [-0.2, 0) is 6.18 Å². The Morgan fingerprint density at radius 3 is 2.22 bits per heavy atom. The number of halogens is 5. The van der Waals surface area contributed by atoms with E-state index in [1.807, 2.05) is 0 Å². The molecule has 2 nitrogen and oxygen atoms in total. The number of alkyl halides is 3. The van der Waals surface area contributed by atoms with Gasteiger partial charge < -0.3 is 10.8 Å². The highest BCUT2D eigenvalue weighted by molar-refractivity contribution is 5.85. The summed E-state index contributed by atoms with van der Waals surface area (Å²) in [5, 5.41) is 9.69. The van der Waals surface area contributed by atoms with Crippen molar-refractivity contribution in [2.75, 3.05) is 0 Å². The number of aliphatic hydroxyl groups is 1. The van der Waals surface area contributed by atoms with Gasteiger partial charge in [-0.2, -0.15) is 13.2 Å². The summed E-state index contributed by atoms with van der Waals surface area (Å²) in [4.78, 5) is 0. The molecule has 0 saturated heterocycles. The van der Waals surface area contributed by atoms with Crippen LogP contribution in [0.15, 0.2) is 18.2 Å². The molecule has 0 aliphatic heterocycles. The fourth-order valence-corrected chi connectivity index (χ4v) is 1.68. The lowest BCUT2D eigenvalue weighted by atomic mass is 9.98. The van der Waals surface area contributed by atoms with E-state index in [9.17, 15) is 22.7 Å². The Morgan fingerprint density at radius 2 is 1.83 bits per heavy atom. The zero-order valence-corrected chi connectivity index (χ0v) is 9.98. The second-order valence-corrected chi connectivity index (χ2v) is 4.32. The largest absolute Gasteiger partial charge is 0.416 e. The van der Waals surface area contributed by atoms with Crippen LogP contribution in [0.5, 0.6) is 0 Å². The lowest BCUT2D eigenvalue weighted by Gasteiger charge is -2.19. The van der Waals surface area contributed by atoms with Crippen molar-refractivity contribution >= 4 is 12.4 Å². The average Bonchev–Trinajstić information content (AvgIpc) is 2.95. The van der Waals surface area contributed by atoms with E-state index in [2.05, 4.69) is 0 Å². The van der Waals surface area contributed by atoms with Crippen LogP contribution < -0.4 is 5.73 Å². The van der Waals surface area contributed by atoms with Crippen molar-refractivity contribution in [3.05, 3.63) is 35.1 Å². The molecule has 1 aromatic carbocycles. The first-order valence-electron chi connectivity index (χ1n) is 5.09. The van der Waals surface area contributed by atoms with Crippen LogP contribution in [0.4, 0.5) is 17.6 Å². The van der Waals surface area contributed by atoms with Gasteiger partial charge in [0.1, 0.15) is 5.82 Å². The minimum Gasteiger partial charge on any atom is -0.388 e. The molecule has 1 atom stereocenters. The van der Waals surface area contributed by atoms with Crippen LogP contribution in [0.1, 0.15) is 30.0 Å². The van der Waals surface area contributed by atoms with Gasteiger partial charge in [-0.15, -0.1) is 12.4 Å². The molecule has 1 aliphatic rings. The quantitative estimate of drug-likeness (QED) is 0.821. The van der Waals surface area contributed by atoms with Gasteiger partial charge in [0.25, 0.3) is 0 Å². The molecular weight excluding hydrogens is 274 g/mol. The molecule has 0 heterocycles. The fourth-order valence-electron chi connectivity index (χ4n) is 1.68. The number of rotatable bonds is 2. The summed E-state index contributed by atoms with van der Waals surface area (Å²) in [6.07, 6.45) is -3.71. The zero-order chi connectivity index (χ0) is 12.8. The minimum atomic E-state index is -4.58.